The van der Waals surface area contributed by atoms with Crippen LogP contribution in [0.15, 0.2) is 12.4 Å². The molecule has 5 heteroatoms. The zero-order valence-electron chi connectivity index (χ0n) is 11.0. The van der Waals surface area contributed by atoms with Gasteiger partial charge in [0.25, 0.3) is 0 Å². The number of nitrogens with zero attached hydrogens (tertiary/aromatic N) is 2. The highest BCUT2D eigenvalue weighted by atomic mass is 16.7. The molecule has 1 unspecified atom stereocenters. The van der Waals surface area contributed by atoms with E-state index >= 15 is 0 Å². The molecule has 0 spiro atoms. The first-order valence-corrected chi connectivity index (χ1v) is 5.84. The Kier molecular flexibility index (Phi) is 5.11. The summed E-state index contributed by atoms with van der Waals surface area (Å²) in [5, 5.41) is 14.6. The largest absolute Gasteiger partial charge is 0.385 e. The Bertz CT molecular complexity index is 332. The van der Waals surface area contributed by atoms with Crippen molar-refractivity contribution in [3.63, 3.8) is 0 Å². The standard InChI is InChI=1S/C12H22N2O3/c1-5-6-14-9-10(8-13-14)12(2,15)7-11(16-3)17-4/h8-9,11,15H,5-7H2,1-4H3. The second kappa shape index (κ2) is 6.14. The molecule has 0 amide bonds. The van der Waals surface area contributed by atoms with Gasteiger partial charge in [-0.15, -0.1) is 0 Å². The van der Waals surface area contributed by atoms with Crippen LogP contribution in [0, 0.1) is 0 Å². The fourth-order valence-corrected chi connectivity index (χ4v) is 1.70. The molecule has 1 N–H and O–H groups in total. The maximum absolute atomic E-state index is 10.4. The van der Waals surface area contributed by atoms with Crippen LogP contribution in [0.3, 0.4) is 0 Å². The molecule has 17 heavy (non-hydrogen) atoms. The molecule has 0 aliphatic rings. The van der Waals surface area contributed by atoms with Crippen molar-refractivity contribution in [1.29, 1.82) is 0 Å². The summed E-state index contributed by atoms with van der Waals surface area (Å²) in [5.74, 6) is 0. The zero-order chi connectivity index (χ0) is 12.9. The fourth-order valence-electron chi connectivity index (χ4n) is 1.70. The van der Waals surface area contributed by atoms with E-state index in [2.05, 4.69) is 12.0 Å². The molecule has 0 saturated carbocycles. The predicted molar refractivity (Wildman–Crippen MR) is 64.5 cm³/mol. The molecule has 1 aromatic rings. The van der Waals surface area contributed by atoms with Crippen molar-refractivity contribution >= 4 is 0 Å². The van der Waals surface area contributed by atoms with Gasteiger partial charge in [0, 0.05) is 38.9 Å². The summed E-state index contributed by atoms with van der Waals surface area (Å²) in [7, 11) is 3.12. The van der Waals surface area contributed by atoms with Crippen LogP contribution >= 0.6 is 0 Å². The van der Waals surface area contributed by atoms with Gasteiger partial charge in [-0.25, -0.2) is 0 Å². The minimum Gasteiger partial charge on any atom is -0.385 e. The van der Waals surface area contributed by atoms with Crippen LogP contribution in [0.25, 0.3) is 0 Å². The number of hydrogen-bond donors (Lipinski definition) is 1. The van der Waals surface area contributed by atoms with Gasteiger partial charge in [0.05, 0.1) is 11.8 Å². The number of ether oxygens (including phenoxy) is 2. The Labute approximate surface area is 102 Å². The minimum absolute atomic E-state index is 0.373. The van der Waals surface area contributed by atoms with E-state index in [-0.39, 0.29) is 0 Å². The first-order valence-electron chi connectivity index (χ1n) is 5.84. The Balaban J connectivity index is 2.73. The smallest absolute Gasteiger partial charge is 0.159 e. The minimum atomic E-state index is -0.997. The Morgan fingerprint density at radius 1 is 1.47 bits per heavy atom. The molecular weight excluding hydrogens is 220 g/mol. The lowest BCUT2D eigenvalue weighted by molar-refractivity contribution is -0.142. The average Bonchev–Trinajstić information content (AvgIpc) is 2.76. The van der Waals surface area contributed by atoms with Gasteiger partial charge in [-0.3, -0.25) is 4.68 Å². The summed E-state index contributed by atoms with van der Waals surface area (Å²) in [6.07, 6.45) is 4.53. The normalized spacial score (nSPS) is 15.2. The third-order valence-corrected chi connectivity index (χ3v) is 2.80. The summed E-state index contributed by atoms with van der Waals surface area (Å²) < 4.78 is 12.0. The third kappa shape index (κ3) is 3.80. The predicted octanol–water partition coefficient (Wildman–Crippen LogP) is 1.51. The summed E-state index contributed by atoms with van der Waals surface area (Å²) in [5.41, 5.74) is -0.215. The Morgan fingerprint density at radius 2 is 2.12 bits per heavy atom. The van der Waals surface area contributed by atoms with E-state index in [0.29, 0.717) is 6.42 Å². The second-order valence-corrected chi connectivity index (χ2v) is 4.37. The molecule has 0 aliphatic heterocycles. The van der Waals surface area contributed by atoms with E-state index in [1.807, 2.05) is 10.9 Å². The summed E-state index contributed by atoms with van der Waals surface area (Å²) in [4.78, 5) is 0. The van der Waals surface area contributed by atoms with Crippen molar-refractivity contribution in [2.75, 3.05) is 14.2 Å². The molecule has 1 heterocycles. The highest BCUT2D eigenvalue weighted by Crippen LogP contribution is 2.26. The SMILES string of the molecule is CCCn1cc(C(C)(O)CC(OC)OC)cn1. The third-order valence-electron chi connectivity index (χ3n) is 2.80. The summed E-state index contributed by atoms with van der Waals surface area (Å²) in [6.45, 7) is 4.69. The molecular formula is C12H22N2O3. The maximum atomic E-state index is 10.4. The number of aliphatic hydroxyl groups is 1. The summed E-state index contributed by atoms with van der Waals surface area (Å²) >= 11 is 0. The van der Waals surface area contributed by atoms with Gasteiger partial charge in [-0.1, -0.05) is 6.92 Å². The molecule has 1 rings (SSSR count). The lowest BCUT2D eigenvalue weighted by Crippen LogP contribution is -2.29. The maximum Gasteiger partial charge on any atom is 0.159 e. The number of methoxy groups -OCH3 is 2. The molecule has 0 aliphatic carbocycles. The molecule has 1 atom stereocenters. The lowest BCUT2D eigenvalue weighted by atomic mass is 9.95. The molecule has 98 valence electrons. The molecule has 0 aromatic carbocycles. The van der Waals surface area contributed by atoms with Gasteiger partial charge in [-0.2, -0.15) is 5.10 Å². The highest BCUT2D eigenvalue weighted by Gasteiger charge is 2.29. The highest BCUT2D eigenvalue weighted by molar-refractivity contribution is 5.14. The first-order chi connectivity index (χ1) is 8.03. The molecule has 1 aromatic heterocycles. The van der Waals surface area contributed by atoms with Crippen LogP contribution < -0.4 is 0 Å². The van der Waals surface area contributed by atoms with Gasteiger partial charge >= 0.3 is 0 Å². The van der Waals surface area contributed by atoms with Crippen LogP contribution in [0.4, 0.5) is 0 Å². The van der Waals surface area contributed by atoms with Gasteiger partial charge in [0.15, 0.2) is 6.29 Å². The lowest BCUT2D eigenvalue weighted by Gasteiger charge is -2.25. The molecule has 0 saturated heterocycles. The van der Waals surface area contributed by atoms with Crippen molar-refractivity contribution in [3.8, 4) is 0 Å². The van der Waals surface area contributed by atoms with Crippen molar-refractivity contribution in [2.24, 2.45) is 0 Å². The molecule has 0 fully saturated rings. The van der Waals surface area contributed by atoms with E-state index < -0.39 is 11.9 Å². The van der Waals surface area contributed by atoms with Crippen LogP contribution in [-0.2, 0) is 21.6 Å². The van der Waals surface area contributed by atoms with Crippen molar-refractivity contribution in [1.82, 2.24) is 9.78 Å². The van der Waals surface area contributed by atoms with Crippen molar-refractivity contribution in [3.05, 3.63) is 18.0 Å². The van der Waals surface area contributed by atoms with Crippen LogP contribution in [-0.4, -0.2) is 35.4 Å². The van der Waals surface area contributed by atoms with Crippen molar-refractivity contribution in [2.45, 2.75) is 45.1 Å². The Morgan fingerprint density at radius 3 is 2.65 bits per heavy atom. The molecule has 0 radical (unpaired) electrons. The van der Waals surface area contributed by atoms with E-state index in [0.717, 1.165) is 18.5 Å². The number of hydrogen-bond acceptors (Lipinski definition) is 4. The number of rotatable bonds is 7. The molecule has 0 bridgehead atoms. The molecule has 5 nitrogen and oxygen atoms in total. The van der Waals surface area contributed by atoms with Crippen molar-refractivity contribution < 1.29 is 14.6 Å². The van der Waals surface area contributed by atoms with Gasteiger partial charge < -0.3 is 14.6 Å². The van der Waals surface area contributed by atoms with E-state index in [1.54, 1.807) is 27.3 Å². The average molecular weight is 242 g/mol. The first kappa shape index (κ1) is 14.2. The quantitative estimate of drug-likeness (QED) is 0.736. The zero-order valence-corrected chi connectivity index (χ0v) is 11.0. The van der Waals surface area contributed by atoms with E-state index in [9.17, 15) is 5.11 Å². The number of aryl methyl sites for hydroxylation is 1. The fraction of sp³-hybridized carbons (Fsp3) is 0.750. The van der Waals surface area contributed by atoms with Gasteiger partial charge in [0.2, 0.25) is 0 Å². The van der Waals surface area contributed by atoms with Crippen LogP contribution in [0.1, 0.15) is 32.3 Å². The van der Waals surface area contributed by atoms with E-state index in [1.165, 1.54) is 0 Å². The van der Waals surface area contributed by atoms with E-state index in [4.69, 9.17) is 9.47 Å². The number of aromatic nitrogens is 2. The van der Waals surface area contributed by atoms with Gasteiger partial charge in [0.1, 0.15) is 0 Å². The summed E-state index contributed by atoms with van der Waals surface area (Å²) in [6, 6.07) is 0. The van der Waals surface area contributed by atoms with Crippen LogP contribution in [0.2, 0.25) is 0 Å². The Hall–Kier alpha value is -0.910. The van der Waals surface area contributed by atoms with Gasteiger partial charge in [-0.05, 0) is 13.3 Å². The topological polar surface area (TPSA) is 56.5 Å². The second-order valence-electron chi connectivity index (χ2n) is 4.37. The van der Waals surface area contributed by atoms with Crippen LogP contribution in [0.5, 0.6) is 0 Å². The monoisotopic (exact) mass is 242 g/mol.